The van der Waals surface area contributed by atoms with E-state index in [1.807, 2.05) is 36.4 Å². The molecule has 0 aromatic heterocycles. The van der Waals surface area contributed by atoms with Gasteiger partial charge in [-0.15, -0.1) is 0 Å². The molecular weight excluding hydrogens is 366 g/mol. The molecule has 29 heavy (non-hydrogen) atoms. The summed E-state index contributed by atoms with van der Waals surface area (Å²) in [4.78, 5) is 7.40. The standard InChI is InChI=1S/C23H31N3O3/c1-24-12-14-25(15-13-24)16-22-23(29-21-10-8-20(28-3)9-11-21)17-26(22)18-4-6-19(27-2)7-5-18/h4-11,22-23H,12-17H2,1-3H3/t22-,23-/m1/s1. The number of ether oxygens (including phenoxy) is 3. The summed E-state index contributed by atoms with van der Waals surface area (Å²) < 4.78 is 16.9. The molecule has 6 nitrogen and oxygen atoms in total. The molecule has 0 bridgehead atoms. The Bertz CT molecular complexity index is 773. The Labute approximate surface area is 173 Å². The van der Waals surface area contributed by atoms with Crippen LogP contribution in [0.2, 0.25) is 0 Å². The molecular formula is C23H31N3O3. The van der Waals surface area contributed by atoms with Gasteiger partial charge < -0.3 is 24.0 Å². The van der Waals surface area contributed by atoms with Crippen LogP contribution in [0.3, 0.4) is 0 Å². The fourth-order valence-electron chi connectivity index (χ4n) is 4.04. The highest BCUT2D eigenvalue weighted by Crippen LogP contribution is 2.32. The molecule has 2 aliphatic rings. The normalized spacial score (nSPS) is 22.8. The van der Waals surface area contributed by atoms with E-state index in [0.717, 1.165) is 56.5 Å². The van der Waals surface area contributed by atoms with Crippen molar-refractivity contribution in [2.75, 3.05) is 65.4 Å². The minimum Gasteiger partial charge on any atom is -0.497 e. The summed E-state index contributed by atoms with van der Waals surface area (Å²) in [5, 5.41) is 0. The Kier molecular flexibility index (Phi) is 6.11. The topological polar surface area (TPSA) is 37.4 Å². The lowest BCUT2D eigenvalue weighted by molar-refractivity contribution is 0.0709. The van der Waals surface area contributed by atoms with Gasteiger partial charge in [-0.1, -0.05) is 0 Å². The predicted molar refractivity (Wildman–Crippen MR) is 115 cm³/mol. The monoisotopic (exact) mass is 397 g/mol. The number of hydrogen-bond donors (Lipinski definition) is 0. The van der Waals surface area contributed by atoms with Crippen LogP contribution in [0.25, 0.3) is 0 Å². The van der Waals surface area contributed by atoms with Crippen LogP contribution in [-0.4, -0.2) is 82.5 Å². The number of likely N-dealkylation sites (N-methyl/N-ethyl adjacent to an activating group) is 1. The highest BCUT2D eigenvalue weighted by molar-refractivity contribution is 5.53. The van der Waals surface area contributed by atoms with E-state index in [1.54, 1.807) is 14.2 Å². The van der Waals surface area contributed by atoms with Gasteiger partial charge in [0.25, 0.3) is 0 Å². The first-order valence-electron chi connectivity index (χ1n) is 10.3. The van der Waals surface area contributed by atoms with E-state index in [2.05, 4.69) is 33.9 Å². The van der Waals surface area contributed by atoms with Gasteiger partial charge in [0, 0.05) is 38.4 Å². The van der Waals surface area contributed by atoms with E-state index in [0.29, 0.717) is 6.04 Å². The molecule has 4 rings (SSSR count). The molecule has 2 fully saturated rings. The molecule has 0 aliphatic carbocycles. The van der Waals surface area contributed by atoms with Gasteiger partial charge in [-0.3, -0.25) is 4.90 Å². The summed E-state index contributed by atoms with van der Waals surface area (Å²) in [6.07, 6.45) is 0.171. The molecule has 2 aromatic rings. The number of anilines is 1. The van der Waals surface area contributed by atoms with Gasteiger partial charge >= 0.3 is 0 Å². The van der Waals surface area contributed by atoms with Gasteiger partial charge in [-0.25, -0.2) is 0 Å². The van der Waals surface area contributed by atoms with Crippen molar-refractivity contribution in [2.24, 2.45) is 0 Å². The molecule has 6 heteroatoms. The Hall–Kier alpha value is -2.44. The van der Waals surface area contributed by atoms with E-state index in [9.17, 15) is 0 Å². The molecule has 0 saturated carbocycles. The largest absolute Gasteiger partial charge is 0.497 e. The van der Waals surface area contributed by atoms with Crippen molar-refractivity contribution in [1.29, 1.82) is 0 Å². The van der Waals surface area contributed by atoms with Gasteiger partial charge in [-0.05, 0) is 55.6 Å². The van der Waals surface area contributed by atoms with Crippen LogP contribution in [0, 0.1) is 0 Å². The minimum atomic E-state index is 0.171. The predicted octanol–water partition coefficient (Wildman–Crippen LogP) is 2.59. The fourth-order valence-corrected chi connectivity index (χ4v) is 4.04. The van der Waals surface area contributed by atoms with Crippen molar-refractivity contribution in [1.82, 2.24) is 9.80 Å². The molecule has 156 valence electrons. The molecule has 0 N–H and O–H groups in total. The highest BCUT2D eigenvalue weighted by atomic mass is 16.5. The second-order valence-corrected chi connectivity index (χ2v) is 7.85. The maximum absolute atomic E-state index is 6.36. The van der Waals surface area contributed by atoms with Crippen molar-refractivity contribution in [2.45, 2.75) is 12.1 Å². The Morgan fingerprint density at radius 3 is 1.93 bits per heavy atom. The Morgan fingerprint density at radius 1 is 0.793 bits per heavy atom. The summed E-state index contributed by atoms with van der Waals surface area (Å²) in [6, 6.07) is 16.5. The van der Waals surface area contributed by atoms with Crippen molar-refractivity contribution in [3.05, 3.63) is 48.5 Å². The van der Waals surface area contributed by atoms with Crippen LogP contribution in [0.1, 0.15) is 0 Å². The van der Waals surface area contributed by atoms with Crippen molar-refractivity contribution < 1.29 is 14.2 Å². The first kappa shape index (κ1) is 19.9. The van der Waals surface area contributed by atoms with Crippen molar-refractivity contribution in [3.8, 4) is 17.2 Å². The third-order valence-electron chi connectivity index (χ3n) is 6.00. The molecule has 2 atom stereocenters. The van der Waals surface area contributed by atoms with Crippen LogP contribution < -0.4 is 19.1 Å². The molecule has 0 amide bonds. The van der Waals surface area contributed by atoms with Crippen molar-refractivity contribution in [3.63, 3.8) is 0 Å². The van der Waals surface area contributed by atoms with Gasteiger partial charge in [0.05, 0.1) is 26.8 Å². The Morgan fingerprint density at radius 2 is 1.34 bits per heavy atom. The van der Waals surface area contributed by atoms with Crippen LogP contribution in [0.4, 0.5) is 5.69 Å². The van der Waals surface area contributed by atoms with Crippen LogP contribution >= 0.6 is 0 Å². The lowest BCUT2D eigenvalue weighted by atomic mass is 9.96. The second-order valence-electron chi connectivity index (χ2n) is 7.85. The fraction of sp³-hybridized carbons (Fsp3) is 0.478. The number of benzene rings is 2. The highest BCUT2D eigenvalue weighted by Gasteiger charge is 2.42. The molecule has 0 unspecified atom stereocenters. The van der Waals surface area contributed by atoms with Gasteiger partial charge in [0.2, 0.25) is 0 Å². The van der Waals surface area contributed by atoms with Crippen LogP contribution in [0.15, 0.2) is 48.5 Å². The summed E-state index contributed by atoms with van der Waals surface area (Å²) in [5.41, 5.74) is 1.22. The average molecular weight is 398 g/mol. The van der Waals surface area contributed by atoms with E-state index >= 15 is 0 Å². The average Bonchev–Trinajstić information content (AvgIpc) is 2.76. The summed E-state index contributed by atoms with van der Waals surface area (Å²) in [7, 11) is 5.58. The minimum absolute atomic E-state index is 0.171. The second kappa shape index (κ2) is 8.93. The molecule has 2 aliphatic heterocycles. The number of nitrogens with zero attached hydrogens (tertiary/aromatic N) is 3. The first-order valence-corrected chi connectivity index (χ1v) is 10.3. The lowest BCUT2D eigenvalue weighted by Crippen LogP contribution is -2.67. The SMILES string of the molecule is COc1ccc(O[C@@H]2CN(c3ccc(OC)cc3)[C@@H]2CN2CCN(C)CC2)cc1. The third kappa shape index (κ3) is 4.60. The van der Waals surface area contributed by atoms with Crippen LogP contribution in [-0.2, 0) is 0 Å². The van der Waals surface area contributed by atoms with Gasteiger partial charge in [-0.2, -0.15) is 0 Å². The van der Waals surface area contributed by atoms with E-state index in [1.165, 1.54) is 5.69 Å². The molecule has 2 aromatic carbocycles. The van der Waals surface area contributed by atoms with E-state index in [4.69, 9.17) is 14.2 Å². The van der Waals surface area contributed by atoms with Gasteiger partial charge in [0.1, 0.15) is 23.4 Å². The number of methoxy groups -OCH3 is 2. The lowest BCUT2D eigenvalue weighted by Gasteiger charge is -2.51. The zero-order valence-corrected chi connectivity index (χ0v) is 17.6. The first-order chi connectivity index (χ1) is 14.2. The Balaban J connectivity index is 1.46. The maximum Gasteiger partial charge on any atom is 0.138 e. The number of rotatable bonds is 7. The van der Waals surface area contributed by atoms with E-state index < -0.39 is 0 Å². The molecule has 0 spiro atoms. The number of piperazine rings is 1. The molecule has 2 saturated heterocycles. The quantitative estimate of drug-likeness (QED) is 0.715. The van der Waals surface area contributed by atoms with Crippen molar-refractivity contribution >= 4 is 5.69 Å². The summed E-state index contributed by atoms with van der Waals surface area (Å²) in [5.74, 6) is 2.63. The maximum atomic E-state index is 6.36. The molecule has 0 radical (unpaired) electrons. The number of hydrogen-bond acceptors (Lipinski definition) is 6. The van der Waals surface area contributed by atoms with E-state index in [-0.39, 0.29) is 6.10 Å². The smallest absolute Gasteiger partial charge is 0.138 e. The summed E-state index contributed by atoms with van der Waals surface area (Å²) in [6.45, 7) is 6.37. The van der Waals surface area contributed by atoms with Crippen LogP contribution in [0.5, 0.6) is 17.2 Å². The zero-order valence-electron chi connectivity index (χ0n) is 17.6. The third-order valence-corrected chi connectivity index (χ3v) is 6.00. The summed E-state index contributed by atoms with van der Waals surface area (Å²) >= 11 is 0. The zero-order chi connectivity index (χ0) is 20.2. The molecule has 2 heterocycles. The van der Waals surface area contributed by atoms with Gasteiger partial charge in [0.15, 0.2) is 0 Å².